The van der Waals surface area contributed by atoms with Gasteiger partial charge in [0.15, 0.2) is 17.4 Å². The number of anilines is 1. The van der Waals surface area contributed by atoms with Crippen molar-refractivity contribution in [3.05, 3.63) is 16.7 Å². The van der Waals surface area contributed by atoms with Crippen LogP contribution in [0, 0.1) is 0 Å². The molecule has 6 atom stereocenters. The van der Waals surface area contributed by atoms with Gasteiger partial charge in [0.1, 0.15) is 18.3 Å². The maximum absolute atomic E-state index is 11.8. The van der Waals surface area contributed by atoms with Crippen molar-refractivity contribution >= 4 is 38.4 Å². The highest BCUT2D eigenvalue weighted by atomic mass is 32.5. The molecule has 0 saturated carbocycles. The second-order valence-corrected chi connectivity index (χ2v) is 16.7. The van der Waals surface area contributed by atoms with Gasteiger partial charge in [-0.05, 0) is 0 Å². The molecule has 30 heavy (non-hydrogen) atoms. The number of nitrogens with two attached hydrogens (primary N) is 1. The lowest BCUT2D eigenvalue weighted by Crippen LogP contribution is -2.33. The Morgan fingerprint density at radius 1 is 1.20 bits per heavy atom. The van der Waals surface area contributed by atoms with Crippen molar-refractivity contribution in [3.8, 4) is 0 Å². The molecule has 1 saturated heterocycles. The first-order chi connectivity index (χ1) is 13.7. The van der Waals surface area contributed by atoms with Crippen molar-refractivity contribution in [2.24, 2.45) is 0 Å². The number of aliphatic hydroxyl groups is 2. The number of nitrogens with zero attached hydrogens (tertiary/aromatic N) is 3. The summed E-state index contributed by atoms with van der Waals surface area (Å²) < 4.78 is 45.1. The van der Waals surface area contributed by atoms with Crippen molar-refractivity contribution < 1.29 is 52.7 Å². The first kappa shape index (κ1) is 23.2. The fourth-order valence-corrected chi connectivity index (χ4v) is 8.05. The van der Waals surface area contributed by atoms with Crippen LogP contribution in [0.4, 0.5) is 5.95 Å². The molecule has 3 heterocycles. The third kappa shape index (κ3) is 3.79. The first-order valence-corrected chi connectivity index (χ1v) is 14.0. The van der Waals surface area contributed by atoms with Crippen molar-refractivity contribution in [1.29, 1.82) is 0 Å². The predicted octanol–water partition coefficient (Wildman–Crippen LogP) is -2.20. The molecule has 1 aliphatic rings. The largest absolute Gasteiger partial charge is 0.422 e. The molecule has 0 bridgehead atoms. The molecule has 0 amide bonds. The van der Waals surface area contributed by atoms with E-state index in [1.807, 2.05) is 0 Å². The number of nitrogens with one attached hydrogen (secondary N) is 1. The van der Waals surface area contributed by atoms with Crippen LogP contribution in [0.5, 0.6) is 0 Å². The zero-order valence-corrected chi connectivity index (χ0v) is 17.2. The van der Waals surface area contributed by atoms with E-state index in [-0.39, 0.29) is 17.1 Å². The lowest BCUT2D eigenvalue weighted by atomic mass is 10.1. The molecule has 1 aliphatic heterocycles. The van der Waals surface area contributed by atoms with Gasteiger partial charge in [-0.3, -0.25) is 23.4 Å². The van der Waals surface area contributed by atoms with Crippen LogP contribution in [0.2, 0.25) is 0 Å². The van der Waals surface area contributed by atoms with Gasteiger partial charge in [0.2, 0.25) is 5.95 Å². The van der Waals surface area contributed by atoms with E-state index in [1.54, 1.807) is 0 Å². The van der Waals surface area contributed by atoms with Crippen LogP contribution >= 0.6 is 21.3 Å². The quantitative estimate of drug-likeness (QED) is 0.199. The Morgan fingerprint density at radius 3 is 2.43 bits per heavy atom. The smallest absolute Gasteiger partial charge is 0.387 e. The van der Waals surface area contributed by atoms with Gasteiger partial charge in [-0.2, -0.15) is 4.98 Å². The second-order valence-electron chi connectivity index (χ2n) is 6.13. The minimum atomic E-state index is -6.00. The number of aromatic amines is 1. The summed E-state index contributed by atoms with van der Waals surface area (Å²) in [5.74, 6) is -0.278. The Kier molecular flexibility index (Phi) is 5.86. The zero-order valence-electron chi connectivity index (χ0n) is 14.5. The molecule has 0 radical (unpaired) electrons. The molecule has 3 rings (SSSR count). The predicted molar refractivity (Wildman–Crippen MR) is 96.1 cm³/mol. The second kappa shape index (κ2) is 7.58. The summed E-state index contributed by atoms with van der Waals surface area (Å²) in [7, 11) is -11.7. The number of H-pyrrole nitrogens is 1. The van der Waals surface area contributed by atoms with Crippen molar-refractivity contribution in [2.75, 3.05) is 12.3 Å². The topological polar surface area (TPSA) is 281 Å². The highest BCUT2D eigenvalue weighted by molar-refractivity contribution is 8.60. The minimum Gasteiger partial charge on any atom is -0.387 e. The summed E-state index contributed by atoms with van der Waals surface area (Å²) in [4.78, 5) is 58.0. The van der Waals surface area contributed by atoms with E-state index >= 15 is 0 Å². The summed E-state index contributed by atoms with van der Waals surface area (Å²) in [6.45, 7) is -7.10. The number of fused-ring (bicyclic) bond motifs is 1. The van der Waals surface area contributed by atoms with Crippen molar-refractivity contribution in [3.63, 3.8) is 0 Å². The Labute approximate surface area is 165 Å². The summed E-state index contributed by atoms with van der Waals surface area (Å²) >= 11 is 0. The molecule has 168 valence electrons. The summed E-state index contributed by atoms with van der Waals surface area (Å²) in [5.41, 5.74) is 4.47. The zero-order chi connectivity index (χ0) is 22.6. The lowest BCUT2D eigenvalue weighted by Gasteiger charge is -2.21. The van der Waals surface area contributed by atoms with E-state index < -0.39 is 58.0 Å². The summed E-state index contributed by atoms with van der Waals surface area (Å²) in [6.07, 6.45) is -5.46. The van der Waals surface area contributed by atoms with Crippen LogP contribution in [0.15, 0.2) is 11.1 Å². The van der Waals surface area contributed by atoms with E-state index in [1.165, 1.54) is 0 Å². The monoisotopic (exact) mass is 491 g/mol. The molecule has 0 aliphatic carbocycles. The van der Waals surface area contributed by atoms with E-state index in [4.69, 9.17) is 20.3 Å². The lowest BCUT2D eigenvalue weighted by molar-refractivity contribution is -0.0480. The molecule has 2 aromatic rings. The number of hydrogen-bond acceptors (Lipinski definition) is 11. The number of aromatic nitrogens is 4. The van der Waals surface area contributed by atoms with Gasteiger partial charge in [0.05, 0.1) is 12.9 Å². The third-order valence-electron chi connectivity index (χ3n) is 4.14. The van der Waals surface area contributed by atoms with Gasteiger partial charge in [-0.1, -0.05) is 0 Å². The molecule has 1 fully saturated rings. The van der Waals surface area contributed by atoms with Crippen LogP contribution in [0.25, 0.3) is 11.2 Å². The summed E-state index contributed by atoms with van der Waals surface area (Å²) in [5, 5.41) is 20.3. The van der Waals surface area contributed by atoms with Crippen LogP contribution < -0.4 is 11.3 Å². The highest BCUT2D eigenvalue weighted by Crippen LogP contribution is 2.94. The van der Waals surface area contributed by atoms with E-state index in [2.05, 4.69) is 19.5 Å². The van der Waals surface area contributed by atoms with Crippen LogP contribution in [-0.2, 0) is 23.0 Å². The Morgan fingerprint density at radius 2 is 1.83 bits per heavy atom. The number of ether oxygens (including phenoxy) is 1. The fraction of sp³-hybridized carbons (Fsp3) is 0.500. The molecule has 20 heteroatoms. The van der Waals surface area contributed by atoms with Crippen molar-refractivity contribution in [1.82, 2.24) is 19.5 Å². The highest BCUT2D eigenvalue weighted by Gasteiger charge is 2.58. The van der Waals surface area contributed by atoms with Crippen LogP contribution in [0.3, 0.4) is 0 Å². The standard InChI is InChI=1S/C10H16N5O12P3/c11-10-13-7-4(8(18)14-10)12-2-15(7)9-6(17)5(16)3(27-9)1-26-29(22,23)30(24,25)28(19,20)21/h2-3,5-6,9,16-17H,1H2,(H,22,23)(H,24,25)(H2,19,20,21)(H3,11,13,14,18)/t3-,5+,6?,9-/m1/s1. The summed E-state index contributed by atoms with van der Waals surface area (Å²) in [6, 6.07) is 0. The van der Waals surface area contributed by atoms with Crippen LogP contribution in [-0.4, -0.2) is 74.2 Å². The normalized spacial score (nSPS) is 29.0. The maximum Gasteiger partial charge on any atom is 0.422 e. The Hall–Kier alpha value is -1.48. The van der Waals surface area contributed by atoms with E-state index in [0.29, 0.717) is 0 Å². The number of rotatable bonds is 6. The molecule has 3 unspecified atom stereocenters. The molecular formula is C10H16N5O12P3. The van der Waals surface area contributed by atoms with Gasteiger partial charge >= 0.3 is 21.3 Å². The fourth-order valence-electron chi connectivity index (χ4n) is 2.62. The number of nitrogen functional groups attached to an aromatic ring is 1. The van der Waals surface area contributed by atoms with Gasteiger partial charge in [0, 0.05) is 0 Å². The minimum absolute atomic E-state index is 0.122. The Balaban J connectivity index is 1.83. The number of hydrogen-bond donors (Lipinski definition) is 8. The molecule has 2 aromatic heterocycles. The van der Waals surface area contributed by atoms with E-state index in [9.17, 15) is 38.5 Å². The third-order valence-corrected chi connectivity index (χ3v) is 14.5. The number of imidazole rings is 1. The Bertz CT molecular complexity index is 1170. The van der Waals surface area contributed by atoms with Crippen molar-refractivity contribution in [2.45, 2.75) is 24.5 Å². The van der Waals surface area contributed by atoms with Gasteiger partial charge in [-0.25, -0.2) is 14.1 Å². The van der Waals surface area contributed by atoms with E-state index in [0.717, 1.165) is 10.9 Å². The maximum atomic E-state index is 11.8. The van der Waals surface area contributed by atoms with Gasteiger partial charge in [-0.15, -0.1) is 0 Å². The van der Waals surface area contributed by atoms with Gasteiger partial charge < -0.3 is 40.3 Å². The molecule has 0 spiro atoms. The molecule has 17 nitrogen and oxygen atoms in total. The van der Waals surface area contributed by atoms with Crippen LogP contribution in [0.1, 0.15) is 6.23 Å². The molecular weight excluding hydrogens is 475 g/mol. The SMILES string of the molecule is Nc1nc2c(ncn2[C@@H]2O[C@H](COP(=O)(O)P(=O)(O)P(=O)(O)O)[C@H](O)C2O)c(=O)[nH]1. The average molecular weight is 491 g/mol. The first-order valence-electron chi connectivity index (χ1n) is 7.78. The number of aliphatic hydroxyl groups excluding tert-OH is 2. The van der Waals surface area contributed by atoms with Gasteiger partial charge in [0.25, 0.3) is 5.56 Å². The molecule has 9 N–H and O–H groups in total. The average Bonchev–Trinajstić information content (AvgIpc) is 3.14. The molecule has 0 aromatic carbocycles.